The largest absolute Gasteiger partial charge is 0.495 e. The molecule has 0 radical (unpaired) electrons. The van der Waals surface area contributed by atoms with E-state index in [2.05, 4.69) is 10.4 Å². The number of aromatic nitrogens is 2. The maximum absolute atomic E-state index is 12.5. The molecule has 1 amide bonds. The number of halogens is 1. The molecule has 0 spiro atoms. The number of anilines is 1. The van der Waals surface area contributed by atoms with E-state index in [1.807, 2.05) is 6.92 Å². The Morgan fingerprint density at radius 1 is 1.26 bits per heavy atom. The first kappa shape index (κ1) is 18.4. The SMILES string of the molecule is COc1cc(Cl)c(C)cc1NC(=O)c1ccn(-c2ccc([N+](=O)[O-])cc2)n1. The van der Waals surface area contributed by atoms with Gasteiger partial charge in [0.2, 0.25) is 0 Å². The highest BCUT2D eigenvalue weighted by molar-refractivity contribution is 6.31. The molecule has 9 heteroatoms. The lowest BCUT2D eigenvalue weighted by molar-refractivity contribution is -0.384. The van der Waals surface area contributed by atoms with Crippen LogP contribution >= 0.6 is 11.6 Å². The summed E-state index contributed by atoms with van der Waals surface area (Å²) in [6.07, 6.45) is 1.60. The third-order valence-electron chi connectivity index (χ3n) is 3.88. The normalized spacial score (nSPS) is 10.5. The minimum atomic E-state index is -0.479. The number of nitrogens with zero attached hydrogens (tertiary/aromatic N) is 3. The molecule has 0 aliphatic carbocycles. The molecule has 0 unspecified atom stereocenters. The van der Waals surface area contributed by atoms with Crippen LogP contribution in [-0.2, 0) is 0 Å². The Labute approximate surface area is 159 Å². The first-order valence-electron chi connectivity index (χ1n) is 7.85. The predicted octanol–water partition coefficient (Wildman–Crippen LogP) is 4.00. The van der Waals surface area contributed by atoms with Gasteiger partial charge in [0.25, 0.3) is 11.6 Å². The van der Waals surface area contributed by atoms with Crippen molar-refractivity contribution in [3.05, 3.63) is 75.1 Å². The molecular weight excluding hydrogens is 372 g/mol. The topological polar surface area (TPSA) is 99.3 Å². The Morgan fingerprint density at radius 3 is 2.59 bits per heavy atom. The number of rotatable bonds is 5. The van der Waals surface area contributed by atoms with Crippen LogP contribution in [0.15, 0.2) is 48.7 Å². The summed E-state index contributed by atoms with van der Waals surface area (Å²) in [5.74, 6) is 0.0180. The molecule has 3 rings (SSSR count). The summed E-state index contributed by atoms with van der Waals surface area (Å²) in [6, 6.07) is 10.7. The molecule has 3 aromatic rings. The minimum absolute atomic E-state index is 0.0194. The lowest BCUT2D eigenvalue weighted by Crippen LogP contribution is -2.14. The lowest BCUT2D eigenvalue weighted by Gasteiger charge is -2.11. The van der Waals surface area contributed by atoms with E-state index in [-0.39, 0.29) is 11.4 Å². The first-order chi connectivity index (χ1) is 12.9. The van der Waals surface area contributed by atoms with E-state index in [9.17, 15) is 14.9 Å². The summed E-state index contributed by atoms with van der Waals surface area (Å²) in [5, 5.41) is 18.2. The van der Waals surface area contributed by atoms with Crippen LogP contribution in [0.5, 0.6) is 5.75 Å². The number of hydrogen-bond donors (Lipinski definition) is 1. The number of hydrogen-bond acceptors (Lipinski definition) is 5. The summed E-state index contributed by atoms with van der Waals surface area (Å²) >= 11 is 6.07. The monoisotopic (exact) mass is 386 g/mol. The molecule has 1 heterocycles. The number of carbonyl (C=O) groups is 1. The summed E-state index contributed by atoms with van der Waals surface area (Å²) in [5.41, 5.74) is 2.04. The third-order valence-corrected chi connectivity index (χ3v) is 4.28. The number of amides is 1. The number of nitrogens with one attached hydrogen (secondary N) is 1. The fourth-order valence-electron chi connectivity index (χ4n) is 2.43. The van der Waals surface area contributed by atoms with E-state index < -0.39 is 10.8 Å². The van der Waals surface area contributed by atoms with E-state index in [0.717, 1.165) is 5.56 Å². The number of nitro benzene ring substituents is 1. The van der Waals surface area contributed by atoms with E-state index in [1.165, 1.54) is 23.9 Å². The summed E-state index contributed by atoms with van der Waals surface area (Å²) in [6.45, 7) is 1.82. The van der Waals surface area contributed by atoms with E-state index in [1.54, 1.807) is 36.5 Å². The van der Waals surface area contributed by atoms with Crippen molar-refractivity contribution in [2.24, 2.45) is 0 Å². The second-order valence-corrected chi connectivity index (χ2v) is 6.08. The Morgan fingerprint density at radius 2 is 1.96 bits per heavy atom. The Hall–Kier alpha value is -3.39. The zero-order valence-corrected chi connectivity index (χ0v) is 15.2. The summed E-state index contributed by atoms with van der Waals surface area (Å²) in [7, 11) is 1.49. The van der Waals surface area contributed by atoms with Gasteiger partial charge in [0.15, 0.2) is 5.69 Å². The quantitative estimate of drug-likeness (QED) is 0.527. The molecule has 0 aliphatic rings. The minimum Gasteiger partial charge on any atom is -0.495 e. The molecule has 0 bridgehead atoms. The molecule has 0 saturated heterocycles. The molecule has 1 N–H and O–H groups in total. The second-order valence-electron chi connectivity index (χ2n) is 5.67. The Bertz CT molecular complexity index is 1010. The maximum Gasteiger partial charge on any atom is 0.276 e. The van der Waals surface area contributed by atoms with Crippen LogP contribution in [-0.4, -0.2) is 27.7 Å². The van der Waals surface area contributed by atoms with Crippen molar-refractivity contribution in [3.8, 4) is 11.4 Å². The van der Waals surface area contributed by atoms with Gasteiger partial charge >= 0.3 is 0 Å². The van der Waals surface area contributed by atoms with Gasteiger partial charge in [-0.3, -0.25) is 14.9 Å². The van der Waals surface area contributed by atoms with Crippen molar-refractivity contribution >= 4 is 28.9 Å². The van der Waals surface area contributed by atoms with Crippen LogP contribution in [0.3, 0.4) is 0 Å². The highest BCUT2D eigenvalue weighted by Gasteiger charge is 2.15. The number of ether oxygens (including phenoxy) is 1. The van der Waals surface area contributed by atoms with Gasteiger partial charge in [0, 0.05) is 29.4 Å². The van der Waals surface area contributed by atoms with Gasteiger partial charge in [-0.05, 0) is 36.8 Å². The molecule has 8 nitrogen and oxygen atoms in total. The van der Waals surface area contributed by atoms with Crippen LogP contribution in [0.25, 0.3) is 5.69 Å². The highest BCUT2D eigenvalue weighted by Crippen LogP contribution is 2.31. The fourth-order valence-corrected chi connectivity index (χ4v) is 2.59. The number of methoxy groups -OCH3 is 1. The van der Waals surface area contributed by atoms with Crippen LogP contribution in [0.2, 0.25) is 5.02 Å². The highest BCUT2D eigenvalue weighted by atomic mass is 35.5. The van der Waals surface area contributed by atoms with Gasteiger partial charge < -0.3 is 10.1 Å². The van der Waals surface area contributed by atoms with Crippen molar-refractivity contribution in [3.63, 3.8) is 0 Å². The zero-order chi connectivity index (χ0) is 19.6. The van der Waals surface area contributed by atoms with Crippen LogP contribution in [0, 0.1) is 17.0 Å². The summed E-state index contributed by atoms with van der Waals surface area (Å²) in [4.78, 5) is 22.7. The van der Waals surface area contributed by atoms with Gasteiger partial charge in [-0.15, -0.1) is 0 Å². The Kier molecular flexibility index (Phi) is 5.09. The van der Waals surface area contributed by atoms with Gasteiger partial charge in [-0.2, -0.15) is 5.10 Å². The number of nitro groups is 1. The summed E-state index contributed by atoms with van der Waals surface area (Å²) < 4.78 is 6.70. The fraction of sp³-hybridized carbons (Fsp3) is 0.111. The van der Waals surface area contributed by atoms with E-state index in [0.29, 0.717) is 22.1 Å². The first-order valence-corrected chi connectivity index (χ1v) is 8.23. The molecule has 138 valence electrons. The van der Waals surface area contributed by atoms with Crippen molar-refractivity contribution < 1.29 is 14.5 Å². The average Bonchev–Trinajstić information content (AvgIpc) is 3.15. The van der Waals surface area contributed by atoms with Crippen molar-refractivity contribution in [1.82, 2.24) is 9.78 Å². The molecule has 0 aliphatic heterocycles. The van der Waals surface area contributed by atoms with Gasteiger partial charge in [-0.1, -0.05) is 11.6 Å². The standard InChI is InChI=1S/C18H15ClN4O4/c1-11-9-16(17(27-2)10-14(11)19)20-18(24)15-7-8-22(21-15)12-3-5-13(6-4-12)23(25)26/h3-10H,1-2H3,(H,20,24). The van der Waals surface area contributed by atoms with Crippen molar-refractivity contribution in [2.75, 3.05) is 12.4 Å². The molecule has 27 heavy (non-hydrogen) atoms. The van der Waals surface area contributed by atoms with Crippen molar-refractivity contribution in [1.29, 1.82) is 0 Å². The third kappa shape index (κ3) is 3.90. The molecular formula is C18H15ClN4O4. The molecule has 0 fully saturated rings. The molecule has 2 aromatic carbocycles. The number of aryl methyl sites for hydroxylation is 1. The molecule has 0 saturated carbocycles. The molecule has 1 aromatic heterocycles. The number of non-ortho nitro benzene ring substituents is 1. The zero-order valence-electron chi connectivity index (χ0n) is 14.5. The molecule has 0 atom stereocenters. The van der Waals surface area contributed by atoms with E-state index >= 15 is 0 Å². The predicted molar refractivity (Wildman–Crippen MR) is 101 cm³/mol. The van der Waals surface area contributed by atoms with Crippen LogP contribution < -0.4 is 10.1 Å². The van der Waals surface area contributed by atoms with Gasteiger partial charge in [-0.25, -0.2) is 4.68 Å². The smallest absolute Gasteiger partial charge is 0.276 e. The van der Waals surface area contributed by atoms with Gasteiger partial charge in [0.1, 0.15) is 5.75 Å². The maximum atomic E-state index is 12.5. The number of benzene rings is 2. The van der Waals surface area contributed by atoms with Crippen LogP contribution in [0.1, 0.15) is 16.1 Å². The van der Waals surface area contributed by atoms with Gasteiger partial charge in [0.05, 0.1) is 23.4 Å². The number of carbonyl (C=O) groups excluding carboxylic acids is 1. The van der Waals surface area contributed by atoms with Crippen molar-refractivity contribution in [2.45, 2.75) is 6.92 Å². The lowest BCUT2D eigenvalue weighted by atomic mass is 10.2. The second kappa shape index (κ2) is 7.46. The van der Waals surface area contributed by atoms with E-state index in [4.69, 9.17) is 16.3 Å². The average molecular weight is 387 g/mol. The van der Waals surface area contributed by atoms with Crippen LogP contribution in [0.4, 0.5) is 11.4 Å². The Balaban J connectivity index is 1.81.